The maximum absolute atomic E-state index is 12.8. The van der Waals surface area contributed by atoms with Crippen LogP contribution in [0, 0.1) is 0 Å². The highest BCUT2D eigenvalue weighted by molar-refractivity contribution is 6.06. The van der Waals surface area contributed by atoms with Crippen LogP contribution < -0.4 is 16.0 Å². The van der Waals surface area contributed by atoms with Crippen molar-refractivity contribution in [3.63, 3.8) is 0 Å². The summed E-state index contributed by atoms with van der Waals surface area (Å²) in [5.74, 6) is 0.657. The van der Waals surface area contributed by atoms with E-state index in [9.17, 15) is 9.59 Å². The van der Waals surface area contributed by atoms with Crippen LogP contribution in [0.3, 0.4) is 0 Å². The van der Waals surface area contributed by atoms with Crippen LogP contribution in [0.25, 0.3) is 0 Å². The third kappa shape index (κ3) is 5.44. The molecule has 176 valence electrons. The Morgan fingerprint density at radius 3 is 2.61 bits per heavy atom. The van der Waals surface area contributed by atoms with Gasteiger partial charge in [-0.25, -0.2) is 4.98 Å². The lowest BCUT2D eigenvalue weighted by Crippen LogP contribution is -2.35. The maximum atomic E-state index is 12.8. The molecular formula is C27H36N4O2. The molecule has 1 aromatic carbocycles. The lowest BCUT2D eigenvalue weighted by Gasteiger charge is -2.20. The lowest BCUT2D eigenvalue weighted by molar-refractivity contribution is -0.120. The first-order valence-electron chi connectivity index (χ1n) is 12.5. The number of hydrogen-bond acceptors (Lipinski definition) is 4. The van der Waals surface area contributed by atoms with Crippen molar-refractivity contribution in [2.45, 2.75) is 76.5 Å². The number of anilines is 2. The molecule has 1 atom stereocenters. The smallest absolute Gasteiger partial charge is 0.238 e. The Kier molecular flexibility index (Phi) is 7.76. The number of nitrogens with zero attached hydrogens (tertiary/aromatic N) is 1. The predicted molar refractivity (Wildman–Crippen MR) is 133 cm³/mol. The van der Waals surface area contributed by atoms with Gasteiger partial charge in [-0.15, -0.1) is 0 Å². The summed E-state index contributed by atoms with van der Waals surface area (Å²) in [6.07, 6.45) is 13.3. The summed E-state index contributed by atoms with van der Waals surface area (Å²) in [6, 6.07) is 9.87. The highest BCUT2D eigenvalue weighted by atomic mass is 16.2. The number of pyridine rings is 1. The predicted octanol–water partition coefficient (Wildman–Crippen LogP) is 4.74. The van der Waals surface area contributed by atoms with Gasteiger partial charge in [0.05, 0.1) is 12.0 Å². The number of carbonyl (C=O) groups excluding carboxylic acids is 2. The molecule has 2 amide bonds. The van der Waals surface area contributed by atoms with E-state index in [1.807, 2.05) is 30.3 Å². The van der Waals surface area contributed by atoms with E-state index >= 15 is 0 Å². The molecule has 2 heterocycles. The SMILES string of the molecule is CCCCCCCCCCNCC(=O)Nc1ccc2c(c1)CC1(C2)C(=O)Nc2ncccc21. The van der Waals surface area contributed by atoms with Crippen LogP contribution in [-0.2, 0) is 27.8 Å². The number of benzene rings is 1. The summed E-state index contributed by atoms with van der Waals surface area (Å²) in [7, 11) is 0. The van der Waals surface area contributed by atoms with Gasteiger partial charge in [-0.3, -0.25) is 9.59 Å². The molecule has 0 saturated heterocycles. The Morgan fingerprint density at radius 2 is 1.79 bits per heavy atom. The zero-order valence-corrected chi connectivity index (χ0v) is 19.7. The van der Waals surface area contributed by atoms with Crippen molar-refractivity contribution in [2.75, 3.05) is 23.7 Å². The number of nitrogens with one attached hydrogen (secondary N) is 3. The number of fused-ring (bicyclic) bond motifs is 3. The molecule has 1 aromatic heterocycles. The first-order chi connectivity index (χ1) is 16.1. The van der Waals surface area contributed by atoms with E-state index in [2.05, 4.69) is 27.9 Å². The summed E-state index contributed by atoms with van der Waals surface area (Å²) >= 11 is 0. The fourth-order valence-electron chi connectivity index (χ4n) is 5.14. The van der Waals surface area contributed by atoms with Gasteiger partial charge in [0, 0.05) is 17.4 Å². The maximum Gasteiger partial charge on any atom is 0.238 e. The van der Waals surface area contributed by atoms with Crippen LogP contribution in [-0.4, -0.2) is 29.9 Å². The second-order valence-electron chi connectivity index (χ2n) is 9.47. The lowest BCUT2D eigenvalue weighted by atomic mass is 9.79. The average Bonchev–Trinajstić information content (AvgIpc) is 3.32. The molecule has 1 aliphatic heterocycles. The number of unbranched alkanes of at least 4 members (excludes halogenated alkanes) is 7. The molecule has 3 N–H and O–H groups in total. The minimum absolute atomic E-state index is 0.0168. The zero-order valence-electron chi connectivity index (χ0n) is 19.7. The number of carbonyl (C=O) groups is 2. The molecule has 1 aliphatic carbocycles. The van der Waals surface area contributed by atoms with Crippen LogP contribution in [0.15, 0.2) is 36.5 Å². The van der Waals surface area contributed by atoms with E-state index in [0.29, 0.717) is 25.2 Å². The van der Waals surface area contributed by atoms with Crippen molar-refractivity contribution in [3.05, 3.63) is 53.2 Å². The first kappa shape index (κ1) is 23.4. The van der Waals surface area contributed by atoms with Crippen molar-refractivity contribution >= 4 is 23.3 Å². The summed E-state index contributed by atoms with van der Waals surface area (Å²) in [5.41, 5.74) is 3.46. The van der Waals surface area contributed by atoms with Gasteiger partial charge in [0.1, 0.15) is 5.82 Å². The van der Waals surface area contributed by atoms with Crippen molar-refractivity contribution < 1.29 is 9.59 Å². The topological polar surface area (TPSA) is 83.1 Å². The molecule has 0 radical (unpaired) electrons. The normalized spacial score (nSPS) is 18.3. The molecule has 2 aliphatic rings. The van der Waals surface area contributed by atoms with Crippen LogP contribution in [0.4, 0.5) is 11.5 Å². The molecule has 6 nitrogen and oxygen atoms in total. The standard InChI is InChI=1S/C27H36N4O2/c1-2-3-4-5-6-7-8-9-14-28-19-24(32)30-22-13-12-20-17-27(18-21(20)16-22)23-11-10-15-29-25(23)31-26(27)33/h10-13,15-16,28H,2-9,14,17-19H2,1H3,(H,30,32)(H,29,31,33). The van der Waals surface area contributed by atoms with Gasteiger partial charge in [-0.2, -0.15) is 0 Å². The molecule has 0 bridgehead atoms. The van der Waals surface area contributed by atoms with E-state index in [1.165, 1.54) is 44.9 Å². The highest BCUT2D eigenvalue weighted by Gasteiger charge is 2.51. The minimum atomic E-state index is -0.577. The van der Waals surface area contributed by atoms with Crippen LogP contribution in [0.2, 0.25) is 0 Å². The van der Waals surface area contributed by atoms with Gasteiger partial charge in [0.2, 0.25) is 11.8 Å². The van der Waals surface area contributed by atoms with E-state index in [4.69, 9.17) is 0 Å². The summed E-state index contributed by atoms with van der Waals surface area (Å²) < 4.78 is 0. The largest absolute Gasteiger partial charge is 0.325 e. The third-order valence-electron chi connectivity index (χ3n) is 6.96. The van der Waals surface area contributed by atoms with Gasteiger partial charge in [0.15, 0.2) is 0 Å². The molecular weight excluding hydrogens is 412 g/mol. The van der Waals surface area contributed by atoms with Gasteiger partial charge in [0.25, 0.3) is 0 Å². The molecule has 4 rings (SSSR count). The van der Waals surface area contributed by atoms with Gasteiger partial charge >= 0.3 is 0 Å². The zero-order chi connectivity index (χ0) is 23.1. The summed E-state index contributed by atoms with van der Waals surface area (Å²) in [4.78, 5) is 29.5. The molecule has 1 unspecified atom stereocenters. The molecule has 0 fully saturated rings. The number of amides is 2. The Labute approximate surface area is 197 Å². The number of hydrogen-bond donors (Lipinski definition) is 3. The first-order valence-corrected chi connectivity index (χ1v) is 12.5. The quantitative estimate of drug-likeness (QED) is 0.410. The second kappa shape index (κ2) is 10.9. The summed E-state index contributed by atoms with van der Waals surface area (Å²) in [6.45, 7) is 3.44. The van der Waals surface area contributed by atoms with Crippen molar-refractivity contribution in [1.82, 2.24) is 10.3 Å². The average molecular weight is 449 g/mol. The Balaban J connectivity index is 1.21. The summed E-state index contributed by atoms with van der Waals surface area (Å²) in [5, 5.41) is 9.19. The third-order valence-corrected chi connectivity index (χ3v) is 6.96. The van der Waals surface area contributed by atoms with Gasteiger partial charge in [-0.1, -0.05) is 64.0 Å². The van der Waals surface area contributed by atoms with E-state index in [-0.39, 0.29) is 11.8 Å². The molecule has 0 saturated carbocycles. The monoisotopic (exact) mass is 448 g/mol. The number of aromatic nitrogens is 1. The molecule has 6 heteroatoms. The Morgan fingerprint density at radius 1 is 1.03 bits per heavy atom. The van der Waals surface area contributed by atoms with Crippen molar-refractivity contribution in [2.24, 2.45) is 0 Å². The van der Waals surface area contributed by atoms with E-state index in [0.717, 1.165) is 35.3 Å². The molecule has 2 aromatic rings. The highest BCUT2D eigenvalue weighted by Crippen LogP contribution is 2.46. The van der Waals surface area contributed by atoms with Gasteiger partial charge < -0.3 is 16.0 Å². The Hall–Kier alpha value is -2.73. The van der Waals surface area contributed by atoms with E-state index < -0.39 is 5.41 Å². The van der Waals surface area contributed by atoms with Crippen molar-refractivity contribution in [3.8, 4) is 0 Å². The van der Waals surface area contributed by atoms with Crippen molar-refractivity contribution in [1.29, 1.82) is 0 Å². The van der Waals surface area contributed by atoms with Crippen LogP contribution in [0.5, 0.6) is 0 Å². The fraction of sp³-hybridized carbons (Fsp3) is 0.519. The van der Waals surface area contributed by atoms with Crippen LogP contribution >= 0.6 is 0 Å². The fourth-order valence-corrected chi connectivity index (χ4v) is 5.14. The number of rotatable bonds is 12. The second-order valence-corrected chi connectivity index (χ2v) is 9.47. The molecule has 33 heavy (non-hydrogen) atoms. The van der Waals surface area contributed by atoms with E-state index in [1.54, 1.807) is 6.20 Å². The van der Waals surface area contributed by atoms with Crippen LogP contribution in [0.1, 0.15) is 75.0 Å². The minimum Gasteiger partial charge on any atom is -0.325 e. The Bertz CT molecular complexity index is 990. The molecule has 1 spiro atoms. The van der Waals surface area contributed by atoms with Gasteiger partial charge in [-0.05, 0) is 55.1 Å².